The Kier molecular flexibility index (Phi) is 10.5. The average Bonchev–Trinajstić information content (AvgIpc) is 3.52. The molecule has 0 aliphatic heterocycles. The summed E-state index contributed by atoms with van der Waals surface area (Å²) in [6, 6.07) is 49.7. The van der Waals surface area contributed by atoms with E-state index in [1.165, 1.54) is 22.3 Å². The van der Waals surface area contributed by atoms with E-state index in [4.69, 9.17) is 32.7 Å². The van der Waals surface area contributed by atoms with Gasteiger partial charge in [0.25, 0.3) is 0 Å². The third kappa shape index (κ3) is 6.44. The number of alkyl halides is 1. The van der Waals surface area contributed by atoms with Gasteiger partial charge in [0.05, 0.1) is 26.4 Å². The van der Waals surface area contributed by atoms with Crippen LogP contribution >= 0.6 is 23.2 Å². The molecule has 0 bridgehead atoms. The number of hydrogen-bond acceptors (Lipinski definition) is 4. The van der Waals surface area contributed by atoms with E-state index in [0.29, 0.717) is 46.2 Å². The van der Waals surface area contributed by atoms with Crippen LogP contribution < -0.4 is 9.47 Å². The second-order valence-electron chi connectivity index (χ2n) is 14.3. The molecule has 0 saturated carbocycles. The smallest absolute Gasteiger partial charge is 0.145 e. The Balaban J connectivity index is 1.33. The number of hydrogen-bond donors (Lipinski definition) is 0. The number of benzene rings is 6. The zero-order valence-electron chi connectivity index (χ0n) is 31.5. The maximum atomic E-state index is 10.2. The number of nitriles is 2. The molecule has 0 aromatic heterocycles. The molecule has 7 rings (SSSR count). The van der Waals surface area contributed by atoms with Crippen molar-refractivity contribution in [1.29, 1.82) is 10.5 Å². The van der Waals surface area contributed by atoms with Gasteiger partial charge in [-0.1, -0.05) is 136 Å². The van der Waals surface area contributed by atoms with E-state index in [0.717, 1.165) is 35.1 Å². The molecule has 274 valence electrons. The van der Waals surface area contributed by atoms with Crippen LogP contribution in [0.15, 0.2) is 133 Å². The van der Waals surface area contributed by atoms with Crippen molar-refractivity contribution >= 4 is 23.2 Å². The molecule has 55 heavy (non-hydrogen) atoms. The summed E-state index contributed by atoms with van der Waals surface area (Å²) in [5.41, 5.74) is 7.99. The molecule has 0 N–H and O–H groups in total. The first-order chi connectivity index (χ1) is 26.7. The number of nitrogens with zero attached hydrogens (tertiary/aromatic N) is 2. The summed E-state index contributed by atoms with van der Waals surface area (Å²) < 4.78 is 13.3. The molecule has 6 heteroatoms. The molecule has 0 radical (unpaired) electrons. The Bertz CT molecular complexity index is 2400. The standard InChI is InChI=1S/C49H42Cl2N2O2/c1-5-30-48(7-3,42-19-12-20-45(50)39(42)31-52)55-36-28-24-34(25-29-36)49(43-16-10-8-14-37(43)38-15-9-11-17-44(38)49)33-22-26-35(27-23-33)54-46-21-13-18-41(40(46)32-53)47(4,51)6-2/h8-29H,5-7,30H2,1-4H3. The average molecular weight is 762 g/mol. The van der Waals surface area contributed by atoms with E-state index < -0.39 is 15.9 Å². The molecule has 1 aliphatic carbocycles. The lowest BCUT2D eigenvalue weighted by atomic mass is 9.67. The largest absolute Gasteiger partial charge is 0.483 e. The molecular formula is C49H42Cl2N2O2. The van der Waals surface area contributed by atoms with Crippen LogP contribution in [0.25, 0.3) is 11.1 Å². The molecule has 2 atom stereocenters. The first-order valence-corrected chi connectivity index (χ1v) is 19.6. The molecule has 0 saturated heterocycles. The number of halogens is 2. The zero-order valence-corrected chi connectivity index (χ0v) is 33.0. The Morgan fingerprint density at radius 1 is 0.618 bits per heavy atom. The van der Waals surface area contributed by atoms with E-state index in [2.05, 4.69) is 98.8 Å². The minimum absolute atomic E-state index is 0.429. The summed E-state index contributed by atoms with van der Waals surface area (Å²) in [6.07, 6.45) is 2.93. The summed E-state index contributed by atoms with van der Waals surface area (Å²) >= 11 is 13.4. The predicted molar refractivity (Wildman–Crippen MR) is 222 cm³/mol. The predicted octanol–water partition coefficient (Wildman–Crippen LogP) is 13.6. The van der Waals surface area contributed by atoms with Gasteiger partial charge in [0, 0.05) is 5.56 Å². The topological polar surface area (TPSA) is 66.0 Å². The van der Waals surface area contributed by atoms with Crippen molar-refractivity contribution < 1.29 is 9.47 Å². The summed E-state index contributed by atoms with van der Waals surface area (Å²) in [5, 5.41) is 20.7. The Morgan fingerprint density at radius 2 is 1.16 bits per heavy atom. The molecule has 6 aromatic carbocycles. The second-order valence-corrected chi connectivity index (χ2v) is 15.5. The normalized spacial score (nSPS) is 14.7. The van der Waals surface area contributed by atoms with Crippen LogP contribution in [-0.4, -0.2) is 0 Å². The van der Waals surface area contributed by atoms with Crippen molar-refractivity contribution in [3.63, 3.8) is 0 Å². The van der Waals surface area contributed by atoms with E-state index >= 15 is 0 Å². The fourth-order valence-corrected chi connectivity index (χ4v) is 8.75. The van der Waals surface area contributed by atoms with E-state index in [1.54, 1.807) is 6.07 Å². The number of fused-ring (bicyclic) bond motifs is 3. The molecule has 0 heterocycles. The van der Waals surface area contributed by atoms with Gasteiger partial charge in [0.2, 0.25) is 0 Å². The minimum atomic E-state index is -0.726. The zero-order chi connectivity index (χ0) is 38.8. The van der Waals surface area contributed by atoms with Crippen LogP contribution in [0.5, 0.6) is 17.2 Å². The Labute approximate surface area is 334 Å². The van der Waals surface area contributed by atoms with Gasteiger partial charge in [-0.3, -0.25) is 0 Å². The molecule has 2 unspecified atom stereocenters. The lowest BCUT2D eigenvalue weighted by Crippen LogP contribution is -2.33. The highest BCUT2D eigenvalue weighted by molar-refractivity contribution is 6.31. The Morgan fingerprint density at radius 3 is 1.71 bits per heavy atom. The van der Waals surface area contributed by atoms with Crippen molar-refractivity contribution in [2.24, 2.45) is 0 Å². The fraction of sp³-hybridized carbons (Fsp3) is 0.224. The highest BCUT2D eigenvalue weighted by atomic mass is 35.5. The summed E-state index contributed by atoms with van der Waals surface area (Å²) in [4.78, 5) is -0.687. The van der Waals surface area contributed by atoms with Crippen molar-refractivity contribution in [3.05, 3.63) is 183 Å². The van der Waals surface area contributed by atoms with Crippen molar-refractivity contribution in [1.82, 2.24) is 0 Å². The maximum Gasteiger partial charge on any atom is 0.145 e. The van der Waals surface area contributed by atoms with Crippen molar-refractivity contribution in [3.8, 4) is 40.5 Å². The quantitative estimate of drug-likeness (QED) is 0.116. The second kappa shape index (κ2) is 15.3. The van der Waals surface area contributed by atoms with Gasteiger partial charge < -0.3 is 9.47 Å². The highest BCUT2D eigenvalue weighted by Crippen LogP contribution is 2.56. The van der Waals surface area contributed by atoms with E-state index in [9.17, 15) is 10.5 Å². The fourth-order valence-electron chi connectivity index (χ4n) is 8.38. The lowest BCUT2D eigenvalue weighted by Gasteiger charge is -2.36. The van der Waals surface area contributed by atoms with Gasteiger partial charge >= 0.3 is 0 Å². The van der Waals surface area contributed by atoms with Gasteiger partial charge in [0.15, 0.2) is 0 Å². The summed E-state index contributed by atoms with van der Waals surface area (Å²) in [6.45, 7) is 8.16. The first kappa shape index (κ1) is 37.8. The van der Waals surface area contributed by atoms with Crippen LogP contribution in [0.1, 0.15) is 97.9 Å². The Hall–Kier alpha value is -5.52. The highest BCUT2D eigenvalue weighted by Gasteiger charge is 2.46. The molecule has 4 nitrogen and oxygen atoms in total. The monoisotopic (exact) mass is 760 g/mol. The van der Waals surface area contributed by atoms with Crippen LogP contribution in [0.4, 0.5) is 0 Å². The molecule has 0 amide bonds. The van der Waals surface area contributed by atoms with Crippen LogP contribution in [-0.2, 0) is 15.9 Å². The first-order valence-electron chi connectivity index (χ1n) is 18.9. The minimum Gasteiger partial charge on any atom is -0.483 e. The van der Waals surface area contributed by atoms with Gasteiger partial charge in [-0.2, -0.15) is 10.5 Å². The summed E-state index contributed by atoms with van der Waals surface area (Å²) in [7, 11) is 0. The van der Waals surface area contributed by atoms with Gasteiger partial charge in [-0.05, 0) is 102 Å². The van der Waals surface area contributed by atoms with E-state index in [-0.39, 0.29) is 0 Å². The van der Waals surface area contributed by atoms with Crippen LogP contribution in [0.3, 0.4) is 0 Å². The third-order valence-electron chi connectivity index (χ3n) is 11.3. The van der Waals surface area contributed by atoms with Gasteiger partial charge in [-0.15, -0.1) is 11.6 Å². The van der Waals surface area contributed by atoms with Crippen molar-refractivity contribution in [2.45, 2.75) is 69.3 Å². The molecule has 6 aromatic rings. The lowest BCUT2D eigenvalue weighted by molar-refractivity contribution is 0.0509. The molecule has 0 spiro atoms. The molecular weight excluding hydrogens is 719 g/mol. The summed E-state index contributed by atoms with van der Waals surface area (Å²) in [5.74, 6) is 1.81. The third-order valence-corrected chi connectivity index (χ3v) is 12.1. The van der Waals surface area contributed by atoms with Gasteiger partial charge in [-0.25, -0.2) is 0 Å². The van der Waals surface area contributed by atoms with Gasteiger partial charge in [0.1, 0.15) is 35.0 Å². The van der Waals surface area contributed by atoms with E-state index in [1.807, 2.05) is 68.4 Å². The van der Waals surface area contributed by atoms with Crippen molar-refractivity contribution in [2.75, 3.05) is 0 Å². The van der Waals surface area contributed by atoms with Crippen LogP contribution in [0.2, 0.25) is 5.02 Å². The molecule has 1 aliphatic rings. The van der Waals surface area contributed by atoms with Crippen LogP contribution in [0, 0.1) is 22.7 Å². The maximum absolute atomic E-state index is 10.2. The SMILES string of the molecule is CCCC(CC)(Oc1ccc(C2(c3ccc(Oc4cccc(C(C)(Cl)CC)c4C#N)cc3)c3ccccc3-c3ccccc32)cc1)c1cccc(Cl)c1C#N. The number of rotatable bonds is 12. The molecule has 0 fully saturated rings. The number of ether oxygens (including phenoxy) is 2.